The maximum atomic E-state index is 12.0. The highest BCUT2D eigenvalue weighted by Gasteiger charge is 2.18. The monoisotopic (exact) mass is 356 g/mol. The standard InChI is InChI=1S/C12H12N4O5S2/c1-7-2-4-8(5-3-7)23(20,21)16-9(17)6-22-11-10(18)13-12(19)15-14-11/h2-5H,6H2,1H3,(H,16,17)(H2,13,15,18,19). The fourth-order valence-corrected chi connectivity index (χ4v) is 3.23. The van der Waals surface area contributed by atoms with Crippen LogP contribution in [0, 0.1) is 6.92 Å². The summed E-state index contributed by atoms with van der Waals surface area (Å²) in [5.74, 6) is -1.17. The summed E-state index contributed by atoms with van der Waals surface area (Å²) in [5.41, 5.74) is -0.645. The number of aryl methyl sites for hydroxylation is 1. The predicted octanol–water partition coefficient (Wildman–Crippen LogP) is -0.636. The quantitative estimate of drug-likeness (QED) is 0.605. The molecular formula is C12H12N4O5S2. The van der Waals surface area contributed by atoms with Gasteiger partial charge in [-0.1, -0.05) is 29.5 Å². The molecule has 0 atom stereocenters. The number of rotatable bonds is 5. The van der Waals surface area contributed by atoms with E-state index in [0.717, 1.165) is 5.56 Å². The molecule has 23 heavy (non-hydrogen) atoms. The molecule has 0 aliphatic rings. The van der Waals surface area contributed by atoms with Crippen molar-refractivity contribution in [3.63, 3.8) is 0 Å². The SMILES string of the molecule is Cc1ccc(S(=O)(=O)NC(=O)CSc2n[nH]c(=O)[nH]c2=O)cc1. The number of sulfonamides is 1. The van der Waals surface area contributed by atoms with Gasteiger partial charge in [-0.2, -0.15) is 5.10 Å². The van der Waals surface area contributed by atoms with Gasteiger partial charge in [0.1, 0.15) is 0 Å². The first-order valence-corrected chi connectivity index (χ1v) is 8.69. The molecule has 0 bridgehead atoms. The molecule has 2 aromatic rings. The zero-order chi connectivity index (χ0) is 17.0. The molecule has 1 amide bonds. The Bertz CT molecular complexity index is 931. The smallest absolute Gasteiger partial charge is 0.273 e. The molecule has 3 N–H and O–H groups in total. The van der Waals surface area contributed by atoms with E-state index in [0.29, 0.717) is 11.8 Å². The van der Waals surface area contributed by atoms with Crippen LogP contribution >= 0.6 is 11.8 Å². The van der Waals surface area contributed by atoms with Gasteiger partial charge in [-0.05, 0) is 19.1 Å². The zero-order valence-corrected chi connectivity index (χ0v) is 13.5. The average molecular weight is 356 g/mol. The molecule has 0 radical (unpaired) electrons. The molecular weight excluding hydrogens is 344 g/mol. The first kappa shape index (κ1) is 17.0. The fraction of sp³-hybridized carbons (Fsp3) is 0.167. The summed E-state index contributed by atoms with van der Waals surface area (Å²) < 4.78 is 25.9. The number of aromatic nitrogens is 3. The van der Waals surface area contributed by atoms with Gasteiger partial charge in [0.15, 0.2) is 5.03 Å². The van der Waals surface area contributed by atoms with E-state index >= 15 is 0 Å². The summed E-state index contributed by atoms with van der Waals surface area (Å²) in [7, 11) is -3.97. The van der Waals surface area contributed by atoms with Gasteiger partial charge in [0.25, 0.3) is 15.6 Å². The first-order chi connectivity index (χ1) is 10.8. The van der Waals surface area contributed by atoms with E-state index in [1.165, 1.54) is 12.1 Å². The Morgan fingerprint density at radius 3 is 2.52 bits per heavy atom. The van der Waals surface area contributed by atoms with E-state index in [1.54, 1.807) is 19.1 Å². The maximum absolute atomic E-state index is 12.0. The number of aromatic amines is 2. The Balaban J connectivity index is 2.03. The first-order valence-electron chi connectivity index (χ1n) is 6.22. The van der Waals surface area contributed by atoms with E-state index < -0.39 is 27.2 Å². The molecule has 1 aromatic heterocycles. The van der Waals surface area contributed by atoms with Gasteiger partial charge in [-0.15, -0.1) is 0 Å². The number of nitrogens with zero attached hydrogens (tertiary/aromatic N) is 1. The fourth-order valence-electron chi connectivity index (χ4n) is 1.52. The van der Waals surface area contributed by atoms with Gasteiger partial charge in [-0.25, -0.2) is 23.0 Å². The average Bonchev–Trinajstić information content (AvgIpc) is 2.46. The van der Waals surface area contributed by atoms with E-state index in [2.05, 4.69) is 5.10 Å². The van der Waals surface area contributed by atoms with Crippen LogP contribution in [0.3, 0.4) is 0 Å². The third-order valence-electron chi connectivity index (χ3n) is 2.60. The molecule has 122 valence electrons. The van der Waals surface area contributed by atoms with Crippen LogP contribution in [0.5, 0.6) is 0 Å². The number of thioether (sulfide) groups is 1. The number of H-pyrrole nitrogens is 2. The molecule has 0 spiro atoms. The second-order valence-electron chi connectivity index (χ2n) is 4.44. The van der Waals surface area contributed by atoms with Gasteiger partial charge in [0, 0.05) is 0 Å². The normalized spacial score (nSPS) is 11.2. The molecule has 0 saturated heterocycles. The highest BCUT2D eigenvalue weighted by atomic mass is 32.2. The summed E-state index contributed by atoms with van der Waals surface area (Å²) in [6.45, 7) is 1.81. The number of benzene rings is 1. The minimum Gasteiger partial charge on any atom is -0.273 e. The van der Waals surface area contributed by atoms with E-state index in [9.17, 15) is 22.8 Å². The molecule has 0 aliphatic heterocycles. The van der Waals surface area contributed by atoms with Gasteiger partial charge < -0.3 is 0 Å². The lowest BCUT2D eigenvalue weighted by atomic mass is 10.2. The van der Waals surface area contributed by atoms with Crippen LogP contribution in [0.2, 0.25) is 0 Å². The molecule has 0 fully saturated rings. The van der Waals surface area contributed by atoms with Crippen LogP contribution in [0.4, 0.5) is 0 Å². The number of carbonyl (C=O) groups is 1. The Hall–Kier alpha value is -2.40. The third kappa shape index (κ3) is 4.53. The lowest BCUT2D eigenvalue weighted by molar-refractivity contribution is -0.116. The van der Waals surface area contributed by atoms with Crippen LogP contribution < -0.4 is 16.0 Å². The molecule has 0 aliphatic carbocycles. The lowest BCUT2D eigenvalue weighted by Gasteiger charge is -2.06. The predicted molar refractivity (Wildman–Crippen MR) is 82.7 cm³/mol. The highest BCUT2D eigenvalue weighted by molar-refractivity contribution is 8.00. The van der Waals surface area contributed by atoms with Gasteiger partial charge in [-0.3, -0.25) is 14.6 Å². The van der Waals surface area contributed by atoms with Crippen LogP contribution in [-0.4, -0.2) is 35.3 Å². The zero-order valence-electron chi connectivity index (χ0n) is 11.8. The molecule has 9 nitrogen and oxygen atoms in total. The van der Waals surface area contributed by atoms with E-state index in [4.69, 9.17) is 0 Å². The Morgan fingerprint density at radius 1 is 1.26 bits per heavy atom. The summed E-state index contributed by atoms with van der Waals surface area (Å²) in [6, 6.07) is 5.98. The van der Waals surface area contributed by atoms with Crippen LogP contribution in [0.15, 0.2) is 43.8 Å². The number of amides is 1. The summed E-state index contributed by atoms with van der Waals surface area (Å²) in [6.07, 6.45) is 0. The Labute approximate surface area is 134 Å². The lowest BCUT2D eigenvalue weighted by Crippen LogP contribution is -2.32. The number of nitrogens with one attached hydrogen (secondary N) is 3. The number of hydrogen-bond acceptors (Lipinski definition) is 7. The van der Waals surface area contributed by atoms with E-state index in [-0.39, 0.29) is 15.7 Å². The Morgan fingerprint density at radius 2 is 1.91 bits per heavy atom. The molecule has 2 rings (SSSR count). The number of carbonyl (C=O) groups excluding carboxylic acids is 1. The second kappa shape index (κ2) is 6.79. The largest absolute Gasteiger partial charge is 0.342 e. The minimum atomic E-state index is -3.97. The van der Waals surface area contributed by atoms with Crippen molar-refractivity contribution in [3.05, 3.63) is 50.7 Å². The van der Waals surface area contributed by atoms with Crippen molar-refractivity contribution in [2.24, 2.45) is 0 Å². The van der Waals surface area contributed by atoms with E-state index in [1.807, 2.05) is 14.8 Å². The number of hydrogen-bond donors (Lipinski definition) is 3. The summed E-state index contributed by atoms with van der Waals surface area (Å²) in [5, 5.41) is 5.33. The maximum Gasteiger partial charge on any atom is 0.342 e. The molecule has 0 unspecified atom stereocenters. The summed E-state index contributed by atoms with van der Waals surface area (Å²) in [4.78, 5) is 35.8. The van der Waals surface area contributed by atoms with Crippen molar-refractivity contribution in [2.75, 3.05) is 5.75 Å². The van der Waals surface area contributed by atoms with Crippen molar-refractivity contribution in [1.29, 1.82) is 0 Å². The van der Waals surface area contributed by atoms with Crippen molar-refractivity contribution >= 4 is 27.7 Å². The highest BCUT2D eigenvalue weighted by Crippen LogP contribution is 2.11. The van der Waals surface area contributed by atoms with Crippen molar-refractivity contribution in [1.82, 2.24) is 19.9 Å². The molecule has 1 heterocycles. The Kier molecular flexibility index (Phi) is 5.01. The van der Waals surface area contributed by atoms with Gasteiger partial charge in [0.05, 0.1) is 10.6 Å². The van der Waals surface area contributed by atoms with Crippen LogP contribution in [0.1, 0.15) is 5.56 Å². The molecule has 1 aromatic carbocycles. The molecule has 0 saturated carbocycles. The minimum absolute atomic E-state index is 0.0403. The van der Waals surface area contributed by atoms with Crippen molar-refractivity contribution in [2.45, 2.75) is 16.8 Å². The molecule has 11 heteroatoms. The van der Waals surface area contributed by atoms with Crippen molar-refractivity contribution in [3.8, 4) is 0 Å². The van der Waals surface area contributed by atoms with Gasteiger partial charge >= 0.3 is 5.69 Å². The summed E-state index contributed by atoms with van der Waals surface area (Å²) >= 11 is 0.701. The van der Waals surface area contributed by atoms with Crippen LogP contribution in [-0.2, 0) is 14.8 Å². The second-order valence-corrected chi connectivity index (χ2v) is 7.09. The van der Waals surface area contributed by atoms with Gasteiger partial charge in [0.2, 0.25) is 5.91 Å². The third-order valence-corrected chi connectivity index (χ3v) is 4.95. The topological polar surface area (TPSA) is 142 Å². The van der Waals surface area contributed by atoms with Crippen LogP contribution in [0.25, 0.3) is 0 Å². The van der Waals surface area contributed by atoms with Crippen molar-refractivity contribution < 1.29 is 13.2 Å².